The van der Waals surface area contributed by atoms with Gasteiger partial charge in [-0.05, 0) is 30.4 Å². The highest BCUT2D eigenvalue weighted by atomic mass is 16.3. The predicted molar refractivity (Wildman–Crippen MR) is 105 cm³/mol. The molecular weight excluding hydrogens is 308 g/mol. The zero-order valence-corrected chi connectivity index (χ0v) is 15.2. The number of aromatic nitrogens is 1. The molecule has 0 bridgehead atoms. The van der Waals surface area contributed by atoms with E-state index >= 15 is 0 Å². The third-order valence-electron chi connectivity index (χ3n) is 5.49. The van der Waals surface area contributed by atoms with Gasteiger partial charge in [0.15, 0.2) is 0 Å². The van der Waals surface area contributed by atoms with Crippen molar-refractivity contribution in [1.29, 1.82) is 0 Å². The zero-order chi connectivity index (χ0) is 17.4. The first-order chi connectivity index (χ1) is 12.1. The third-order valence-corrected chi connectivity index (χ3v) is 5.49. The second-order valence-electron chi connectivity index (χ2n) is 7.96. The van der Waals surface area contributed by atoms with E-state index in [1.54, 1.807) is 0 Å². The molecule has 1 aliphatic heterocycles. The number of fused-ring (bicyclic) bond motifs is 3. The summed E-state index contributed by atoms with van der Waals surface area (Å²) in [7, 11) is 0. The van der Waals surface area contributed by atoms with Gasteiger partial charge in [-0.2, -0.15) is 0 Å². The normalized spacial score (nSPS) is 23.3. The Morgan fingerprint density at radius 3 is 1.96 bits per heavy atom. The van der Waals surface area contributed by atoms with Crippen molar-refractivity contribution < 1.29 is 5.11 Å². The third kappa shape index (κ3) is 3.31. The van der Waals surface area contributed by atoms with Crippen molar-refractivity contribution >= 4 is 21.8 Å². The highest BCUT2D eigenvalue weighted by molar-refractivity contribution is 6.07. The second-order valence-corrected chi connectivity index (χ2v) is 7.96. The van der Waals surface area contributed by atoms with Crippen LogP contribution in [0.5, 0.6) is 0 Å². The molecule has 3 nitrogen and oxygen atoms in total. The van der Waals surface area contributed by atoms with Crippen LogP contribution in [0, 0.1) is 11.8 Å². The van der Waals surface area contributed by atoms with Gasteiger partial charge in [0, 0.05) is 41.4 Å². The maximum absolute atomic E-state index is 10.8. The van der Waals surface area contributed by atoms with Crippen molar-refractivity contribution in [2.45, 2.75) is 32.9 Å². The van der Waals surface area contributed by atoms with Crippen molar-refractivity contribution in [2.24, 2.45) is 11.8 Å². The van der Waals surface area contributed by atoms with E-state index < -0.39 is 0 Å². The number of para-hydroxylation sites is 2. The molecule has 2 aromatic carbocycles. The largest absolute Gasteiger partial charge is 0.390 e. The monoisotopic (exact) mass is 336 g/mol. The average Bonchev–Trinajstić information content (AvgIpc) is 2.89. The smallest absolute Gasteiger partial charge is 0.0845 e. The summed E-state index contributed by atoms with van der Waals surface area (Å²) in [5.74, 6) is 1.45. The van der Waals surface area contributed by atoms with Crippen LogP contribution in [0.25, 0.3) is 21.8 Å². The van der Waals surface area contributed by atoms with E-state index in [9.17, 15) is 5.11 Å². The van der Waals surface area contributed by atoms with Crippen LogP contribution in [0.1, 0.15) is 20.3 Å². The Kier molecular flexibility index (Phi) is 4.53. The van der Waals surface area contributed by atoms with Crippen LogP contribution >= 0.6 is 0 Å². The molecule has 1 aromatic heterocycles. The Morgan fingerprint density at radius 1 is 0.880 bits per heavy atom. The number of aliphatic hydroxyl groups is 1. The fraction of sp³-hybridized carbons (Fsp3) is 0.455. The lowest BCUT2D eigenvalue weighted by Gasteiger charge is -2.36. The molecule has 3 atom stereocenters. The van der Waals surface area contributed by atoms with Crippen molar-refractivity contribution in [1.82, 2.24) is 9.47 Å². The molecule has 0 amide bonds. The Hall–Kier alpha value is -1.84. The van der Waals surface area contributed by atoms with Gasteiger partial charge in [-0.1, -0.05) is 50.2 Å². The van der Waals surface area contributed by atoms with E-state index in [1.165, 1.54) is 28.2 Å². The van der Waals surface area contributed by atoms with Crippen molar-refractivity contribution in [2.75, 3.05) is 19.6 Å². The minimum absolute atomic E-state index is 0.350. The van der Waals surface area contributed by atoms with Gasteiger partial charge in [0.05, 0.1) is 12.6 Å². The molecular formula is C22H28N2O. The van der Waals surface area contributed by atoms with E-state index in [2.05, 4.69) is 71.8 Å². The molecule has 0 radical (unpaired) electrons. The van der Waals surface area contributed by atoms with Gasteiger partial charge in [-0.3, -0.25) is 0 Å². The molecule has 0 spiro atoms. The summed E-state index contributed by atoms with van der Waals surface area (Å²) < 4.78 is 2.28. The first-order valence-corrected chi connectivity index (χ1v) is 9.48. The van der Waals surface area contributed by atoms with Gasteiger partial charge >= 0.3 is 0 Å². The zero-order valence-electron chi connectivity index (χ0n) is 15.2. The van der Waals surface area contributed by atoms with Gasteiger partial charge in [0.25, 0.3) is 0 Å². The first kappa shape index (κ1) is 16.6. The Labute approximate surface area is 149 Å². The molecule has 3 heteroatoms. The van der Waals surface area contributed by atoms with Gasteiger partial charge in [-0.15, -0.1) is 0 Å². The molecule has 1 saturated heterocycles. The first-order valence-electron chi connectivity index (χ1n) is 9.48. The number of nitrogens with zero attached hydrogens (tertiary/aromatic N) is 2. The van der Waals surface area contributed by atoms with E-state index in [1.807, 2.05) is 0 Å². The van der Waals surface area contributed by atoms with E-state index in [-0.39, 0.29) is 6.10 Å². The minimum Gasteiger partial charge on any atom is -0.390 e. The summed E-state index contributed by atoms with van der Waals surface area (Å²) in [4.78, 5) is 2.44. The predicted octanol–water partition coefficient (Wildman–Crippen LogP) is 4.13. The number of rotatable bonds is 4. The number of likely N-dealkylation sites (tertiary alicyclic amines) is 1. The number of piperidine rings is 1. The van der Waals surface area contributed by atoms with Crippen LogP contribution in [-0.2, 0) is 6.54 Å². The molecule has 132 valence electrons. The molecule has 3 aromatic rings. The summed E-state index contributed by atoms with van der Waals surface area (Å²) in [6, 6.07) is 17.0. The maximum atomic E-state index is 10.8. The lowest BCUT2D eigenvalue weighted by molar-refractivity contribution is 0.0626. The topological polar surface area (TPSA) is 28.4 Å². The van der Waals surface area contributed by atoms with E-state index in [0.29, 0.717) is 6.54 Å². The van der Waals surface area contributed by atoms with Gasteiger partial charge < -0.3 is 14.6 Å². The summed E-state index contributed by atoms with van der Waals surface area (Å²) in [5.41, 5.74) is 2.42. The van der Waals surface area contributed by atoms with Crippen LogP contribution in [0.15, 0.2) is 48.5 Å². The summed E-state index contributed by atoms with van der Waals surface area (Å²) >= 11 is 0. The van der Waals surface area contributed by atoms with Gasteiger partial charge in [0.2, 0.25) is 0 Å². The van der Waals surface area contributed by atoms with Crippen molar-refractivity contribution in [3.8, 4) is 0 Å². The molecule has 25 heavy (non-hydrogen) atoms. The summed E-state index contributed by atoms with van der Waals surface area (Å²) in [6.07, 6.45) is 0.955. The lowest BCUT2D eigenvalue weighted by atomic mass is 9.92. The molecule has 0 saturated carbocycles. The summed E-state index contributed by atoms with van der Waals surface area (Å²) in [6.45, 7) is 8.26. The average molecular weight is 336 g/mol. The molecule has 1 aliphatic rings. The molecule has 0 aliphatic carbocycles. The maximum Gasteiger partial charge on any atom is 0.0845 e. The number of aliphatic hydroxyl groups excluding tert-OH is 1. The number of hydrogen-bond donors (Lipinski definition) is 1. The molecule has 1 fully saturated rings. The van der Waals surface area contributed by atoms with Gasteiger partial charge in [0.1, 0.15) is 0 Å². The SMILES string of the molecule is C[C@H]1C[C@H](C)CN(C[C@H](O)Cn2c3ccccc3c3ccccc32)C1. The number of benzene rings is 2. The Morgan fingerprint density at radius 2 is 1.40 bits per heavy atom. The molecule has 0 unspecified atom stereocenters. The summed E-state index contributed by atoms with van der Waals surface area (Å²) in [5, 5.41) is 13.3. The minimum atomic E-state index is -0.350. The Bertz CT molecular complexity index is 805. The van der Waals surface area contributed by atoms with E-state index in [0.717, 1.165) is 31.5 Å². The van der Waals surface area contributed by atoms with Crippen LogP contribution in [0.3, 0.4) is 0 Å². The van der Waals surface area contributed by atoms with Crippen LogP contribution in [-0.4, -0.2) is 40.3 Å². The fourth-order valence-corrected chi connectivity index (χ4v) is 4.71. The van der Waals surface area contributed by atoms with Crippen LogP contribution in [0.2, 0.25) is 0 Å². The highest BCUT2D eigenvalue weighted by Gasteiger charge is 2.24. The molecule has 1 N–H and O–H groups in total. The standard InChI is InChI=1S/C22H28N2O/c1-16-11-17(2)13-23(12-16)14-18(25)15-24-21-9-5-3-7-19(21)20-8-4-6-10-22(20)24/h3-10,16-18,25H,11-15H2,1-2H3/t16-,17-,18-/m0/s1. The lowest BCUT2D eigenvalue weighted by Crippen LogP contribution is -2.43. The molecule has 4 rings (SSSR count). The van der Waals surface area contributed by atoms with Crippen LogP contribution in [0.4, 0.5) is 0 Å². The van der Waals surface area contributed by atoms with Crippen molar-refractivity contribution in [3.63, 3.8) is 0 Å². The second kappa shape index (κ2) is 6.81. The van der Waals surface area contributed by atoms with E-state index in [4.69, 9.17) is 0 Å². The highest BCUT2D eigenvalue weighted by Crippen LogP contribution is 2.29. The number of β-amino-alcohol motifs (C(OH)–C–C–N with tert-alkyl or cyclic N) is 1. The van der Waals surface area contributed by atoms with Gasteiger partial charge in [-0.25, -0.2) is 0 Å². The quantitative estimate of drug-likeness (QED) is 0.776. The Balaban J connectivity index is 1.59. The fourth-order valence-electron chi connectivity index (χ4n) is 4.71. The van der Waals surface area contributed by atoms with Crippen LogP contribution < -0.4 is 0 Å². The molecule has 2 heterocycles. The van der Waals surface area contributed by atoms with Crippen molar-refractivity contribution in [3.05, 3.63) is 48.5 Å². The number of hydrogen-bond acceptors (Lipinski definition) is 2.